The number of rotatable bonds is 3. The molecule has 2 atom stereocenters. The van der Waals surface area contributed by atoms with Gasteiger partial charge in [0.05, 0.1) is 11.7 Å². The molecule has 2 saturated heterocycles. The van der Waals surface area contributed by atoms with E-state index in [0.717, 1.165) is 0 Å². The van der Waals surface area contributed by atoms with Crippen LogP contribution in [0.1, 0.15) is 31.0 Å². The van der Waals surface area contributed by atoms with Crippen LogP contribution in [-0.4, -0.2) is 57.4 Å². The fourth-order valence-electron chi connectivity index (χ4n) is 4.57. The van der Waals surface area contributed by atoms with E-state index in [9.17, 15) is 27.9 Å². The Hall–Kier alpha value is -3.30. The second-order valence-corrected chi connectivity index (χ2v) is 7.76. The van der Waals surface area contributed by atoms with Gasteiger partial charge in [-0.2, -0.15) is 0 Å². The van der Waals surface area contributed by atoms with E-state index in [2.05, 4.69) is 9.72 Å². The number of likely N-dealkylation sites (N-methyl/N-ethyl adjacent to an activating group) is 1. The van der Waals surface area contributed by atoms with E-state index in [1.165, 1.54) is 34.2 Å². The zero-order valence-corrected chi connectivity index (χ0v) is 16.6. The molecule has 10 heteroatoms. The molecule has 1 aromatic carbocycles. The SMILES string of the molecule is CN1CC[C@@]2(CC[C@H](c3cc(-c4cccc(OC(F)(F)F)c4)ccn3)N2C(=O)O)C1=O. The molecule has 2 aromatic rings. The number of hydrogen-bond donors (Lipinski definition) is 1. The van der Waals surface area contributed by atoms with Gasteiger partial charge in [0.2, 0.25) is 5.91 Å². The molecule has 1 N–H and O–H groups in total. The van der Waals surface area contributed by atoms with Crippen LogP contribution < -0.4 is 4.74 Å². The van der Waals surface area contributed by atoms with E-state index in [1.807, 2.05) is 0 Å². The quantitative estimate of drug-likeness (QED) is 0.786. The molecular weight excluding hydrogens is 415 g/mol. The molecule has 1 spiro atoms. The third-order valence-corrected chi connectivity index (χ3v) is 5.94. The van der Waals surface area contributed by atoms with Gasteiger partial charge in [-0.05, 0) is 54.7 Å². The lowest BCUT2D eigenvalue weighted by Crippen LogP contribution is -2.52. The number of nitrogens with zero attached hydrogens (tertiary/aromatic N) is 3. The molecule has 2 aliphatic heterocycles. The van der Waals surface area contributed by atoms with Crippen LogP contribution in [0.2, 0.25) is 0 Å². The van der Waals surface area contributed by atoms with Crippen LogP contribution in [0.15, 0.2) is 42.6 Å². The second-order valence-electron chi connectivity index (χ2n) is 7.76. The van der Waals surface area contributed by atoms with Gasteiger partial charge in [0.25, 0.3) is 0 Å². The molecule has 164 valence electrons. The molecule has 2 fully saturated rings. The van der Waals surface area contributed by atoms with Crippen molar-refractivity contribution in [1.82, 2.24) is 14.8 Å². The van der Waals surface area contributed by atoms with E-state index in [4.69, 9.17) is 0 Å². The number of halogens is 3. The third-order valence-electron chi connectivity index (χ3n) is 5.94. The molecule has 2 amide bonds. The summed E-state index contributed by atoms with van der Waals surface area (Å²) >= 11 is 0. The molecule has 1 aromatic heterocycles. The van der Waals surface area contributed by atoms with Gasteiger partial charge in [0.1, 0.15) is 11.3 Å². The normalized spacial score (nSPS) is 23.6. The van der Waals surface area contributed by atoms with Crippen molar-refractivity contribution in [2.45, 2.75) is 37.2 Å². The Labute approximate surface area is 176 Å². The number of ether oxygens (including phenoxy) is 1. The molecule has 0 bridgehead atoms. The maximum atomic E-state index is 12.8. The number of hydrogen-bond acceptors (Lipinski definition) is 4. The van der Waals surface area contributed by atoms with E-state index < -0.39 is 24.0 Å². The first-order chi connectivity index (χ1) is 14.6. The summed E-state index contributed by atoms with van der Waals surface area (Å²) in [5, 5.41) is 9.91. The zero-order chi connectivity index (χ0) is 22.4. The zero-order valence-electron chi connectivity index (χ0n) is 16.6. The van der Waals surface area contributed by atoms with Crippen LogP contribution in [0.25, 0.3) is 11.1 Å². The lowest BCUT2D eigenvalue weighted by atomic mass is 9.94. The van der Waals surface area contributed by atoms with Crippen LogP contribution in [0.3, 0.4) is 0 Å². The van der Waals surface area contributed by atoms with Crippen molar-refractivity contribution in [3.05, 3.63) is 48.3 Å². The number of likely N-dealkylation sites (tertiary alicyclic amines) is 2. The highest BCUT2D eigenvalue weighted by Gasteiger charge is 2.58. The maximum Gasteiger partial charge on any atom is 0.573 e. The highest BCUT2D eigenvalue weighted by atomic mass is 19.4. The molecule has 0 radical (unpaired) electrons. The minimum atomic E-state index is -4.80. The van der Waals surface area contributed by atoms with E-state index in [0.29, 0.717) is 42.6 Å². The highest BCUT2D eigenvalue weighted by Crippen LogP contribution is 2.47. The summed E-state index contributed by atoms with van der Waals surface area (Å²) in [4.78, 5) is 31.9. The van der Waals surface area contributed by atoms with E-state index in [-0.39, 0.29) is 11.7 Å². The smallest absolute Gasteiger partial charge is 0.465 e. The minimum Gasteiger partial charge on any atom is -0.465 e. The third kappa shape index (κ3) is 3.77. The lowest BCUT2D eigenvalue weighted by Gasteiger charge is -2.34. The summed E-state index contributed by atoms with van der Waals surface area (Å²) in [7, 11) is 1.65. The summed E-state index contributed by atoms with van der Waals surface area (Å²) in [6.07, 6.45) is -3.27. The van der Waals surface area contributed by atoms with Gasteiger partial charge in [0.15, 0.2) is 0 Å². The van der Waals surface area contributed by atoms with E-state index in [1.54, 1.807) is 25.2 Å². The molecule has 4 rings (SSSR count). The number of carboxylic acid groups (broad SMARTS) is 1. The Bertz CT molecular complexity index is 1030. The molecule has 0 saturated carbocycles. The van der Waals surface area contributed by atoms with Gasteiger partial charge in [-0.3, -0.25) is 14.7 Å². The second kappa shape index (κ2) is 7.44. The van der Waals surface area contributed by atoms with Crippen molar-refractivity contribution >= 4 is 12.0 Å². The monoisotopic (exact) mass is 435 g/mol. The molecule has 0 aliphatic carbocycles. The van der Waals surface area contributed by atoms with Gasteiger partial charge < -0.3 is 14.7 Å². The summed E-state index contributed by atoms with van der Waals surface area (Å²) < 4.78 is 41.6. The average molecular weight is 435 g/mol. The summed E-state index contributed by atoms with van der Waals surface area (Å²) in [6.45, 7) is 0.481. The number of benzene rings is 1. The number of carbonyl (C=O) groups excluding carboxylic acids is 1. The number of carbonyl (C=O) groups is 2. The molecule has 31 heavy (non-hydrogen) atoms. The summed E-state index contributed by atoms with van der Waals surface area (Å²) in [6, 6.07) is 8.18. The molecule has 2 aliphatic rings. The van der Waals surface area contributed by atoms with Crippen LogP contribution in [0.4, 0.5) is 18.0 Å². The number of aromatic nitrogens is 1. The lowest BCUT2D eigenvalue weighted by molar-refractivity contribution is -0.274. The first-order valence-corrected chi connectivity index (χ1v) is 9.71. The Kier molecular flexibility index (Phi) is 5.03. The van der Waals surface area contributed by atoms with Gasteiger partial charge in [-0.15, -0.1) is 13.2 Å². The van der Waals surface area contributed by atoms with Crippen molar-refractivity contribution in [3.63, 3.8) is 0 Å². The summed E-state index contributed by atoms with van der Waals surface area (Å²) in [5.74, 6) is -0.569. The Morgan fingerprint density at radius 1 is 1.23 bits per heavy atom. The molecular formula is C21H20F3N3O4. The number of alkyl halides is 3. The van der Waals surface area contributed by atoms with Crippen LogP contribution in [-0.2, 0) is 4.79 Å². The Morgan fingerprint density at radius 2 is 1.97 bits per heavy atom. The minimum absolute atomic E-state index is 0.217. The number of pyridine rings is 1. The Balaban J connectivity index is 1.67. The fraction of sp³-hybridized carbons (Fsp3) is 0.381. The summed E-state index contributed by atoms with van der Waals surface area (Å²) in [5.41, 5.74) is 0.389. The van der Waals surface area contributed by atoms with Crippen molar-refractivity contribution in [3.8, 4) is 16.9 Å². The fourth-order valence-corrected chi connectivity index (χ4v) is 4.57. The molecule has 0 unspecified atom stereocenters. The van der Waals surface area contributed by atoms with Crippen LogP contribution >= 0.6 is 0 Å². The largest absolute Gasteiger partial charge is 0.573 e. The maximum absolute atomic E-state index is 12.8. The first kappa shape index (κ1) is 21.0. The molecule has 3 heterocycles. The van der Waals surface area contributed by atoms with Gasteiger partial charge in [-0.25, -0.2) is 4.79 Å². The van der Waals surface area contributed by atoms with Crippen molar-refractivity contribution in [1.29, 1.82) is 0 Å². The standard InChI is InChI=1S/C21H20F3N3O4/c1-26-10-8-20(18(26)28)7-5-17(27(20)19(29)30)16-12-14(6-9-25-16)13-3-2-4-15(11-13)31-21(22,23)24/h2-4,6,9,11-12,17H,5,7-8,10H2,1H3,(H,29,30)/t17-,20+/m1/s1. The van der Waals surface area contributed by atoms with Gasteiger partial charge in [-0.1, -0.05) is 12.1 Å². The topological polar surface area (TPSA) is 83.0 Å². The Morgan fingerprint density at radius 3 is 2.61 bits per heavy atom. The number of amides is 2. The van der Waals surface area contributed by atoms with Crippen molar-refractivity contribution < 1.29 is 32.6 Å². The molecule has 7 nitrogen and oxygen atoms in total. The van der Waals surface area contributed by atoms with E-state index >= 15 is 0 Å². The first-order valence-electron chi connectivity index (χ1n) is 9.71. The van der Waals surface area contributed by atoms with Gasteiger partial charge >= 0.3 is 12.5 Å². The van der Waals surface area contributed by atoms with Gasteiger partial charge in [0, 0.05) is 19.8 Å². The predicted octanol–water partition coefficient (Wildman–Crippen LogP) is 4.06. The highest BCUT2D eigenvalue weighted by molar-refractivity contribution is 5.92. The van der Waals surface area contributed by atoms with Crippen molar-refractivity contribution in [2.24, 2.45) is 0 Å². The van der Waals surface area contributed by atoms with Crippen LogP contribution in [0, 0.1) is 0 Å². The van der Waals surface area contributed by atoms with Crippen molar-refractivity contribution in [2.75, 3.05) is 13.6 Å². The average Bonchev–Trinajstić information content (AvgIpc) is 3.23. The predicted molar refractivity (Wildman–Crippen MR) is 103 cm³/mol. The van der Waals surface area contributed by atoms with Crippen LogP contribution in [0.5, 0.6) is 5.75 Å².